The summed E-state index contributed by atoms with van der Waals surface area (Å²) in [5, 5.41) is 21.8. The van der Waals surface area contributed by atoms with E-state index in [9.17, 15) is 24.6 Å². The normalized spacial score (nSPS) is 24.0. The quantitative estimate of drug-likeness (QED) is 0.425. The Hall–Kier alpha value is -2.63. The number of benzene rings is 1. The molecular formula is C28H36O6. The van der Waals surface area contributed by atoms with E-state index in [-0.39, 0.29) is 57.8 Å². The number of carbonyl (C=O) groups excluding carboxylic acids is 3. The van der Waals surface area contributed by atoms with Crippen LogP contribution in [0.15, 0.2) is 17.4 Å². The van der Waals surface area contributed by atoms with Crippen molar-refractivity contribution >= 4 is 17.3 Å². The van der Waals surface area contributed by atoms with Crippen LogP contribution in [0.1, 0.15) is 102 Å². The molecule has 1 heterocycles. The molecule has 1 fully saturated rings. The topological polar surface area (TPSA) is 101 Å². The summed E-state index contributed by atoms with van der Waals surface area (Å²) in [7, 11) is 0. The number of aromatic hydroxyl groups is 2. The summed E-state index contributed by atoms with van der Waals surface area (Å²) < 4.78 is 6.30. The molecule has 0 bridgehead atoms. The fraction of sp³-hybridized carbons (Fsp3) is 0.607. The van der Waals surface area contributed by atoms with Gasteiger partial charge in [0.1, 0.15) is 28.6 Å². The van der Waals surface area contributed by atoms with Gasteiger partial charge in [-0.3, -0.25) is 14.4 Å². The van der Waals surface area contributed by atoms with Crippen LogP contribution in [0.5, 0.6) is 17.2 Å². The number of rotatable bonds is 4. The highest BCUT2D eigenvalue weighted by atomic mass is 16.5. The third-order valence-corrected chi connectivity index (χ3v) is 7.87. The van der Waals surface area contributed by atoms with Crippen LogP contribution < -0.4 is 4.74 Å². The highest BCUT2D eigenvalue weighted by molar-refractivity contribution is 6.20. The number of phenolic OH excluding ortho intramolecular Hbond substituents is 2. The lowest BCUT2D eigenvalue weighted by atomic mass is 9.59. The van der Waals surface area contributed by atoms with Gasteiger partial charge in [0.2, 0.25) is 0 Å². The lowest BCUT2D eigenvalue weighted by molar-refractivity contribution is -0.144. The average molecular weight is 469 g/mol. The van der Waals surface area contributed by atoms with Crippen molar-refractivity contribution in [3.63, 3.8) is 0 Å². The minimum Gasteiger partial charge on any atom is -0.507 e. The summed E-state index contributed by atoms with van der Waals surface area (Å²) in [5.74, 6) is -1.56. The van der Waals surface area contributed by atoms with Crippen LogP contribution in [-0.2, 0) is 9.59 Å². The van der Waals surface area contributed by atoms with E-state index in [2.05, 4.69) is 0 Å². The SMILES string of the molecule is CC(C)CC1C2=C(Oc3c(C(=O)C4CCCCC4)c(O)cc(O)c31)C(C)(C)C(=O)C(C)(C)C2=O. The molecule has 2 aliphatic carbocycles. The molecule has 4 rings (SSSR count). The van der Waals surface area contributed by atoms with E-state index in [1.54, 1.807) is 27.7 Å². The summed E-state index contributed by atoms with van der Waals surface area (Å²) in [6.07, 6.45) is 5.00. The Bertz CT molecular complexity index is 1100. The maximum Gasteiger partial charge on any atom is 0.175 e. The van der Waals surface area contributed by atoms with Crippen molar-refractivity contribution in [2.24, 2.45) is 22.7 Å². The molecule has 0 amide bonds. The van der Waals surface area contributed by atoms with Crippen molar-refractivity contribution < 1.29 is 29.3 Å². The lowest BCUT2D eigenvalue weighted by Gasteiger charge is -2.45. The van der Waals surface area contributed by atoms with Crippen LogP contribution in [0.2, 0.25) is 0 Å². The zero-order valence-electron chi connectivity index (χ0n) is 21.1. The average Bonchev–Trinajstić information content (AvgIpc) is 2.76. The van der Waals surface area contributed by atoms with Crippen molar-refractivity contribution in [2.75, 3.05) is 0 Å². The first kappa shape index (κ1) is 24.5. The fourth-order valence-corrected chi connectivity index (χ4v) is 6.11. The summed E-state index contributed by atoms with van der Waals surface area (Å²) in [4.78, 5) is 40.7. The van der Waals surface area contributed by atoms with Crippen LogP contribution in [0.25, 0.3) is 0 Å². The van der Waals surface area contributed by atoms with E-state index < -0.39 is 16.7 Å². The first-order valence-corrected chi connectivity index (χ1v) is 12.4. The number of carbonyl (C=O) groups is 3. The lowest BCUT2D eigenvalue weighted by Crippen LogP contribution is -2.51. The zero-order valence-corrected chi connectivity index (χ0v) is 21.1. The van der Waals surface area contributed by atoms with E-state index in [1.807, 2.05) is 13.8 Å². The maximum absolute atomic E-state index is 13.7. The van der Waals surface area contributed by atoms with Gasteiger partial charge in [-0.2, -0.15) is 0 Å². The number of hydrogen-bond donors (Lipinski definition) is 2. The number of fused-ring (bicyclic) bond motifs is 1. The van der Waals surface area contributed by atoms with E-state index in [4.69, 9.17) is 4.74 Å². The summed E-state index contributed by atoms with van der Waals surface area (Å²) in [5.41, 5.74) is -1.52. The van der Waals surface area contributed by atoms with Gasteiger partial charge in [-0.1, -0.05) is 33.1 Å². The maximum atomic E-state index is 13.7. The van der Waals surface area contributed by atoms with Gasteiger partial charge in [0.15, 0.2) is 17.3 Å². The number of Topliss-reactive ketones (excluding diaryl/α,β-unsaturated/α-hetero) is 3. The molecule has 1 unspecified atom stereocenters. The van der Waals surface area contributed by atoms with Gasteiger partial charge < -0.3 is 14.9 Å². The summed E-state index contributed by atoms with van der Waals surface area (Å²) >= 11 is 0. The van der Waals surface area contributed by atoms with Gasteiger partial charge in [0.25, 0.3) is 0 Å². The molecular weight excluding hydrogens is 432 g/mol. The summed E-state index contributed by atoms with van der Waals surface area (Å²) in [6, 6.07) is 1.20. The summed E-state index contributed by atoms with van der Waals surface area (Å²) in [6.45, 7) is 10.8. The van der Waals surface area contributed by atoms with Crippen molar-refractivity contribution in [2.45, 2.75) is 86.0 Å². The van der Waals surface area contributed by atoms with Crippen molar-refractivity contribution in [3.05, 3.63) is 28.5 Å². The predicted molar refractivity (Wildman–Crippen MR) is 128 cm³/mol. The molecule has 1 aromatic carbocycles. The molecule has 6 nitrogen and oxygen atoms in total. The largest absolute Gasteiger partial charge is 0.507 e. The second kappa shape index (κ2) is 8.24. The zero-order chi connectivity index (χ0) is 25.2. The molecule has 184 valence electrons. The predicted octanol–water partition coefficient (Wildman–Crippen LogP) is 5.84. The molecule has 0 saturated heterocycles. The number of ether oxygens (including phenoxy) is 1. The minimum absolute atomic E-state index is 0.0561. The Labute approximate surface area is 201 Å². The molecule has 0 spiro atoms. The standard InChI is InChI=1S/C28H36O6/c1-14(2)12-16-19-17(29)13-18(30)21(22(31)15-10-8-7-9-11-15)23(19)34-25-20(16)24(32)27(3,4)26(33)28(25,5)6/h13-16,29-30H,7-12H2,1-6H3. The first-order chi connectivity index (χ1) is 15.8. The molecule has 3 aliphatic rings. The van der Waals surface area contributed by atoms with Crippen molar-refractivity contribution in [3.8, 4) is 17.2 Å². The minimum atomic E-state index is -1.23. The van der Waals surface area contributed by atoms with Gasteiger partial charge in [0, 0.05) is 29.0 Å². The Morgan fingerprint density at radius 3 is 2.24 bits per heavy atom. The van der Waals surface area contributed by atoms with Crippen molar-refractivity contribution in [1.82, 2.24) is 0 Å². The fourth-order valence-electron chi connectivity index (χ4n) is 6.11. The van der Waals surface area contributed by atoms with Gasteiger partial charge >= 0.3 is 0 Å². The smallest absolute Gasteiger partial charge is 0.175 e. The van der Waals surface area contributed by atoms with Gasteiger partial charge in [-0.05, 0) is 52.9 Å². The molecule has 6 heteroatoms. The number of hydrogen-bond acceptors (Lipinski definition) is 6. The van der Waals surface area contributed by atoms with Crippen LogP contribution >= 0.6 is 0 Å². The first-order valence-electron chi connectivity index (χ1n) is 12.4. The third kappa shape index (κ3) is 3.57. The van der Waals surface area contributed by atoms with E-state index in [1.165, 1.54) is 6.07 Å². The molecule has 0 radical (unpaired) electrons. The third-order valence-electron chi connectivity index (χ3n) is 7.87. The second-order valence-corrected chi connectivity index (χ2v) is 11.7. The van der Waals surface area contributed by atoms with E-state index in [0.29, 0.717) is 17.6 Å². The van der Waals surface area contributed by atoms with Gasteiger partial charge in [-0.25, -0.2) is 0 Å². The highest BCUT2D eigenvalue weighted by Crippen LogP contribution is 2.58. The monoisotopic (exact) mass is 468 g/mol. The highest BCUT2D eigenvalue weighted by Gasteiger charge is 2.57. The Morgan fingerprint density at radius 2 is 1.65 bits per heavy atom. The molecule has 2 N–H and O–H groups in total. The Morgan fingerprint density at radius 1 is 1.03 bits per heavy atom. The Kier molecular flexibility index (Phi) is 5.94. The number of allylic oxidation sites excluding steroid dienone is 2. The van der Waals surface area contributed by atoms with Crippen LogP contribution in [0.3, 0.4) is 0 Å². The molecule has 1 atom stereocenters. The van der Waals surface area contributed by atoms with Gasteiger partial charge in [-0.15, -0.1) is 0 Å². The number of phenols is 2. The van der Waals surface area contributed by atoms with Crippen LogP contribution in [-0.4, -0.2) is 27.6 Å². The van der Waals surface area contributed by atoms with Crippen LogP contribution in [0.4, 0.5) is 0 Å². The molecule has 0 aromatic heterocycles. The molecule has 34 heavy (non-hydrogen) atoms. The second-order valence-electron chi connectivity index (χ2n) is 11.7. The van der Waals surface area contributed by atoms with E-state index in [0.717, 1.165) is 32.1 Å². The van der Waals surface area contributed by atoms with Gasteiger partial charge in [0.05, 0.1) is 10.8 Å². The van der Waals surface area contributed by atoms with Crippen LogP contribution in [0, 0.1) is 22.7 Å². The van der Waals surface area contributed by atoms with E-state index >= 15 is 0 Å². The molecule has 1 saturated carbocycles. The molecule has 1 aliphatic heterocycles. The molecule has 1 aromatic rings. The van der Waals surface area contributed by atoms with Crippen molar-refractivity contribution in [1.29, 1.82) is 0 Å². The Balaban J connectivity index is 1.98. The number of ketones is 3.